The standard InChI is InChI=1S/C45H41N/c1-28-26-36-42-38(45(6,7)43(36)30(3)29(28)2)21-15-23-41(42)46(40-22-14-12-18-33(40)31-16-9-8-10-17-31)32-24-25-35-34-19-11-13-20-37(34)44(4,5)39(35)27-32/h8-27H,1-7H3. The van der Waals surface area contributed by atoms with Crippen molar-refractivity contribution in [1.82, 2.24) is 0 Å². The largest absolute Gasteiger partial charge is 0.309 e. The molecule has 2 aliphatic rings. The van der Waals surface area contributed by atoms with Crippen LogP contribution in [0.2, 0.25) is 0 Å². The summed E-state index contributed by atoms with van der Waals surface area (Å²) in [4.78, 5) is 2.54. The molecule has 8 rings (SSSR count). The molecule has 0 N–H and O–H groups in total. The Morgan fingerprint density at radius 3 is 1.87 bits per heavy atom. The van der Waals surface area contributed by atoms with Crippen molar-refractivity contribution in [2.75, 3.05) is 4.90 Å². The van der Waals surface area contributed by atoms with Gasteiger partial charge >= 0.3 is 0 Å². The van der Waals surface area contributed by atoms with Gasteiger partial charge in [-0.05, 0) is 106 Å². The molecule has 0 aromatic heterocycles. The van der Waals surface area contributed by atoms with Crippen molar-refractivity contribution in [2.45, 2.75) is 59.3 Å². The normalized spacial score (nSPS) is 14.8. The molecule has 1 nitrogen and oxygen atoms in total. The molecule has 0 atom stereocenters. The van der Waals surface area contributed by atoms with Crippen LogP contribution in [0.4, 0.5) is 17.1 Å². The number of hydrogen-bond acceptors (Lipinski definition) is 1. The third-order valence-electron chi connectivity index (χ3n) is 11.1. The molecule has 2 aliphatic carbocycles. The maximum atomic E-state index is 2.54. The van der Waals surface area contributed by atoms with Crippen LogP contribution >= 0.6 is 0 Å². The van der Waals surface area contributed by atoms with Gasteiger partial charge in [0.1, 0.15) is 0 Å². The quantitative estimate of drug-likeness (QED) is 0.196. The zero-order chi connectivity index (χ0) is 32.0. The van der Waals surface area contributed by atoms with E-state index < -0.39 is 0 Å². The number of fused-ring (bicyclic) bond motifs is 6. The lowest BCUT2D eigenvalue weighted by atomic mass is 9.79. The van der Waals surface area contributed by atoms with Crippen LogP contribution in [0.1, 0.15) is 66.6 Å². The van der Waals surface area contributed by atoms with Gasteiger partial charge in [-0.2, -0.15) is 0 Å². The van der Waals surface area contributed by atoms with E-state index in [-0.39, 0.29) is 10.8 Å². The van der Waals surface area contributed by atoms with E-state index in [9.17, 15) is 0 Å². The lowest BCUT2D eigenvalue weighted by Crippen LogP contribution is -2.18. The van der Waals surface area contributed by atoms with Crippen molar-refractivity contribution in [1.29, 1.82) is 0 Å². The fourth-order valence-corrected chi connectivity index (χ4v) is 8.52. The first-order chi connectivity index (χ1) is 22.1. The van der Waals surface area contributed by atoms with Gasteiger partial charge in [-0.1, -0.05) is 125 Å². The van der Waals surface area contributed by atoms with E-state index in [2.05, 4.69) is 175 Å². The Morgan fingerprint density at radius 1 is 0.457 bits per heavy atom. The van der Waals surface area contributed by atoms with Crippen LogP contribution in [-0.2, 0) is 10.8 Å². The molecular weight excluding hydrogens is 555 g/mol. The van der Waals surface area contributed by atoms with Gasteiger partial charge in [0.2, 0.25) is 0 Å². The number of benzene rings is 6. The molecule has 226 valence electrons. The van der Waals surface area contributed by atoms with Gasteiger partial charge in [0.05, 0.1) is 11.4 Å². The van der Waals surface area contributed by atoms with Crippen LogP contribution in [0, 0.1) is 20.8 Å². The molecule has 0 radical (unpaired) electrons. The van der Waals surface area contributed by atoms with Crippen LogP contribution in [0.5, 0.6) is 0 Å². The highest BCUT2D eigenvalue weighted by Gasteiger charge is 2.41. The van der Waals surface area contributed by atoms with Gasteiger partial charge in [-0.3, -0.25) is 0 Å². The van der Waals surface area contributed by atoms with Gasteiger partial charge in [0, 0.05) is 27.6 Å². The number of nitrogens with zero attached hydrogens (tertiary/aromatic N) is 1. The summed E-state index contributed by atoms with van der Waals surface area (Å²) in [5.41, 5.74) is 21.0. The predicted octanol–water partition coefficient (Wildman–Crippen LogP) is 12.4. The second kappa shape index (κ2) is 10.1. The van der Waals surface area contributed by atoms with Crippen LogP contribution in [0.25, 0.3) is 33.4 Å². The van der Waals surface area contributed by atoms with E-state index in [0.29, 0.717) is 0 Å². The van der Waals surface area contributed by atoms with Crippen molar-refractivity contribution >= 4 is 17.1 Å². The average molecular weight is 596 g/mol. The number of anilines is 3. The number of rotatable bonds is 4. The van der Waals surface area contributed by atoms with Crippen molar-refractivity contribution in [3.8, 4) is 33.4 Å². The summed E-state index contributed by atoms with van der Waals surface area (Å²) in [5, 5.41) is 0. The minimum absolute atomic E-state index is 0.0917. The van der Waals surface area contributed by atoms with Gasteiger partial charge < -0.3 is 4.90 Å². The maximum absolute atomic E-state index is 2.54. The first-order valence-corrected chi connectivity index (χ1v) is 16.5. The van der Waals surface area contributed by atoms with Crippen LogP contribution in [-0.4, -0.2) is 0 Å². The molecular formula is C45H41N. The molecule has 0 unspecified atom stereocenters. The monoisotopic (exact) mass is 595 g/mol. The van der Waals surface area contributed by atoms with Gasteiger partial charge in [0.25, 0.3) is 0 Å². The first kappa shape index (κ1) is 28.6. The maximum Gasteiger partial charge on any atom is 0.0543 e. The fraction of sp³-hybridized carbons (Fsp3) is 0.200. The third kappa shape index (κ3) is 3.94. The number of aryl methyl sites for hydroxylation is 1. The molecule has 0 fully saturated rings. The molecule has 1 heteroatoms. The Hall–Kier alpha value is -4.88. The van der Waals surface area contributed by atoms with Crippen molar-refractivity contribution in [3.05, 3.63) is 160 Å². The highest BCUT2D eigenvalue weighted by atomic mass is 15.1. The Balaban J connectivity index is 1.44. The Morgan fingerprint density at radius 2 is 1.09 bits per heavy atom. The Kier molecular flexibility index (Phi) is 6.25. The highest BCUT2D eigenvalue weighted by Crippen LogP contribution is 2.57. The van der Waals surface area contributed by atoms with Gasteiger partial charge in [-0.25, -0.2) is 0 Å². The van der Waals surface area contributed by atoms with E-state index in [0.717, 1.165) is 0 Å². The number of hydrogen-bond donors (Lipinski definition) is 0. The summed E-state index contributed by atoms with van der Waals surface area (Å²) < 4.78 is 0. The Labute approximate surface area is 274 Å². The fourth-order valence-electron chi connectivity index (χ4n) is 8.52. The molecule has 6 aromatic carbocycles. The molecule has 0 heterocycles. The smallest absolute Gasteiger partial charge is 0.0543 e. The van der Waals surface area contributed by atoms with Crippen molar-refractivity contribution in [3.63, 3.8) is 0 Å². The lowest BCUT2D eigenvalue weighted by Gasteiger charge is -2.32. The average Bonchev–Trinajstić information content (AvgIpc) is 3.44. The number of para-hydroxylation sites is 1. The van der Waals surface area contributed by atoms with Crippen LogP contribution in [0.15, 0.2) is 121 Å². The Bertz CT molecular complexity index is 2180. The molecule has 0 amide bonds. The molecule has 0 aliphatic heterocycles. The highest BCUT2D eigenvalue weighted by molar-refractivity contribution is 5.99. The van der Waals surface area contributed by atoms with Gasteiger partial charge in [-0.15, -0.1) is 0 Å². The zero-order valence-electron chi connectivity index (χ0n) is 28.0. The van der Waals surface area contributed by atoms with Gasteiger partial charge in [0.15, 0.2) is 0 Å². The summed E-state index contributed by atoms with van der Waals surface area (Å²) in [6.07, 6.45) is 0. The molecule has 0 spiro atoms. The molecule has 46 heavy (non-hydrogen) atoms. The summed E-state index contributed by atoms with van der Waals surface area (Å²) in [6, 6.07) is 45.2. The second-order valence-corrected chi connectivity index (χ2v) is 14.3. The summed E-state index contributed by atoms with van der Waals surface area (Å²) >= 11 is 0. The summed E-state index contributed by atoms with van der Waals surface area (Å²) in [5.74, 6) is 0. The first-order valence-electron chi connectivity index (χ1n) is 16.5. The topological polar surface area (TPSA) is 3.24 Å². The van der Waals surface area contributed by atoms with E-state index in [1.54, 1.807) is 0 Å². The van der Waals surface area contributed by atoms with E-state index in [1.807, 2.05) is 0 Å². The van der Waals surface area contributed by atoms with E-state index >= 15 is 0 Å². The lowest BCUT2D eigenvalue weighted by molar-refractivity contribution is 0.654. The minimum Gasteiger partial charge on any atom is -0.309 e. The SMILES string of the molecule is Cc1cc2c(c(C)c1C)C(C)(C)c1cccc(N(c3ccc4c(c3)C(C)(C)c3ccccc3-4)c3ccccc3-c3ccccc3)c1-2. The predicted molar refractivity (Wildman–Crippen MR) is 196 cm³/mol. The second-order valence-electron chi connectivity index (χ2n) is 14.3. The molecule has 0 saturated carbocycles. The molecule has 0 bridgehead atoms. The minimum atomic E-state index is -0.102. The summed E-state index contributed by atoms with van der Waals surface area (Å²) in [7, 11) is 0. The molecule has 6 aromatic rings. The van der Waals surface area contributed by atoms with Crippen LogP contribution < -0.4 is 4.90 Å². The summed E-state index contributed by atoms with van der Waals surface area (Å²) in [6.45, 7) is 16.4. The third-order valence-corrected chi connectivity index (χ3v) is 11.1. The van der Waals surface area contributed by atoms with Crippen LogP contribution in [0.3, 0.4) is 0 Å². The molecule has 0 saturated heterocycles. The zero-order valence-corrected chi connectivity index (χ0v) is 28.0. The van der Waals surface area contributed by atoms with E-state index in [1.165, 1.54) is 89.4 Å². The van der Waals surface area contributed by atoms with Crippen molar-refractivity contribution in [2.24, 2.45) is 0 Å². The van der Waals surface area contributed by atoms with E-state index in [4.69, 9.17) is 0 Å². The van der Waals surface area contributed by atoms with Crippen molar-refractivity contribution < 1.29 is 0 Å².